The van der Waals surface area contributed by atoms with Crippen LogP contribution in [0.4, 0.5) is 0 Å². The highest BCUT2D eigenvalue weighted by Crippen LogP contribution is 2.40. The van der Waals surface area contributed by atoms with Crippen molar-refractivity contribution in [3.05, 3.63) is 144 Å². The Bertz CT molecular complexity index is 3370. The maximum atomic E-state index is 15.1. The van der Waals surface area contributed by atoms with Crippen LogP contribution in [-0.4, -0.2) is 160 Å². The van der Waals surface area contributed by atoms with Gasteiger partial charge in [-0.1, -0.05) is 296 Å². The lowest BCUT2D eigenvalue weighted by Crippen LogP contribution is -2.70. The monoisotopic (exact) mass is 1610 g/mol. The van der Waals surface area contributed by atoms with Crippen LogP contribution in [0.5, 0.6) is 0 Å². The summed E-state index contributed by atoms with van der Waals surface area (Å²) < 4.78 is 90.8. The fourth-order valence-corrected chi connectivity index (χ4v) is 14.9. The van der Waals surface area contributed by atoms with Crippen molar-refractivity contribution in [3.63, 3.8) is 0 Å². The van der Waals surface area contributed by atoms with E-state index in [0.717, 1.165) is 116 Å². The van der Waals surface area contributed by atoms with Gasteiger partial charge in [0.05, 0.1) is 71.4 Å². The number of esters is 6. The van der Waals surface area contributed by atoms with E-state index >= 15 is 9.59 Å². The van der Waals surface area contributed by atoms with Gasteiger partial charge in [-0.25, -0.2) is 4.79 Å². The van der Waals surface area contributed by atoms with E-state index in [2.05, 4.69) is 24.5 Å². The van der Waals surface area contributed by atoms with E-state index in [-0.39, 0.29) is 45.4 Å². The number of hydrogen-bond acceptors (Lipinski definition) is 22. The Kier molecular flexibility index (Phi) is 46.7. The number of rotatable bonds is 59. The van der Waals surface area contributed by atoms with Crippen molar-refractivity contribution in [3.8, 4) is 0 Å². The average Bonchev–Trinajstić information content (AvgIpc) is 0.753. The molecule has 6 rings (SSSR count). The van der Waals surface area contributed by atoms with Gasteiger partial charge >= 0.3 is 35.8 Å². The van der Waals surface area contributed by atoms with Gasteiger partial charge in [0.25, 0.3) is 5.79 Å². The smallest absolute Gasteiger partial charge is 0.366 e. The molecule has 2 N–H and O–H groups in total. The predicted molar refractivity (Wildman–Crippen MR) is 434 cm³/mol. The largest absolute Gasteiger partial charge is 0.465 e. The summed E-state index contributed by atoms with van der Waals surface area (Å²) in [6.45, 7) is 9.52. The van der Waals surface area contributed by atoms with Gasteiger partial charge in [-0.05, 0) is 35.1 Å². The summed E-state index contributed by atoms with van der Waals surface area (Å²) in [5, 5.41) is 6.09. The van der Waals surface area contributed by atoms with Gasteiger partial charge in [-0.2, -0.15) is 0 Å². The van der Waals surface area contributed by atoms with Gasteiger partial charge in [0.1, 0.15) is 43.2 Å². The van der Waals surface area contributed by atoms with Crippen LogP contribution in [0.2, 0.25) is 0 Å². The SMILES string of the molecule is CCCCCCCCCCCCCCCCCC(=O)N[C@@H](CO[C@@H]1O[C@H](CO[C@]2(C(=O)OC)C[C@H](OC(C)=O)[C@@H](NC(C)=O)[C@H]([C@H](OC(C)=O)[C@@H](COC(C)=O)OC(C)=O)O2)[C@@H](OCc2ccccc2)[C@H](OCc2ccccc2)[C@H]1OC(C)=O)[C@H](OCc1ccccc1)[C@@H](CCCCCCCCCCCCC)OCc1ccccc1. The molecule has 2 fully saturated rings. The zero-order valence-electron chi connectivity index (χ0n) is 70.0. The fraction of sp³-hybridized carbons (Fsp3) is 0.648. The zero-order valence-corrected chi connectivity index (χ0v) is 70.0. The van der Waals surface area contributed by atoms with E-state index in [1.807, 2.05) is 121 Å². The molecule has 2 aliphatic rings. The first kappa shape index (κ1) is 96.2. The molecule has 0 bridgehead atoms. The van der Waals surface area contributed by atoms with Crippen LogP contribution >= 0.6 is 0 Å². The standard InChI is InChI=1S/C91H134N2O22/c1-10-12-14-16-18-20-22-23-24-25-27-29-31-33-47-57-81(100)93-76(83(105-60-73-50-40-35-41-51-73)77(104-59-72-48-38-34-39-49-72)56-46-32-30-28-26-21-19-17-15-13-11-2)63-108-89-88(113-71(8)99)87(107-62-75-54-44-37-45-55-75)84(106-61-74-52-42-36-43-53-74)80(114-89)65-109-91(90(101)102-9)58-78(110-68(5)96)82(92-66(3)94)86(115-91)85(112-70(7)98)79(111-69(6)97)64-103-67(4)95/h34-45,48-55,76-80,82-89H,10-33,46-47,56-65H2,1-9H3,(H,92,94)(H,93,100)/t76-,77+,78-,79+,80+,82+,83-,84+,85+,86+,87-,88+,89+,91+/m0/s1. The van der Waals surface area contributed by atoms with Crippen LogP contribution < -0.4 is 10.6 Å². The molecule has 0 radical (unpaired) electrons. The molecule has 2 heterocycles. The molecule has 4 aromatic carbocycles. The maximum Gasteiger partial charge on any atom is 0.366 e. The number of nitrogens with one attached hydrogen (secondary N) is 2. The minimum atomic E-state index is -2.74. The van der Waals surface area contributed by atoms with Crippen LogP contribution in [0, 0.1) is 0 Å². The number of benzene rings is 4. The molecule has 14 atom stereocenters. The van der Waals surface area contributed by atoms with Crippen LogP contribution in [0.1, 0.15) is 264 Å². The van der Waals surface area contributed by atoms with Crippen molar-refractivity contribution in [1.82, 2.24) is 10.6 Å². The lowest BCUT2D eigenvalue weighted by molar-refractivity contribution is -0.347. The normalized spacial score (nSPS) is 20.6. The minimum Gasteiger partial charge on any atom is -0.465 e. The molecule has 0 unspecified atom stereocenters. The number of hydrogen-bond donors (Lipinski definition) is 2. The molecular formula is C91H134N2O22. The summed E-state index contributed by atoms with van der Waals surface area (Å²) in [6, 6.07) is 35.6. The number of unbranched alkanes of at least 4 members (excludes halogenated alkanes) is 24. The molecule has 0 spiro atoms. The number of carbonyl (C=O) groups excluding carboxylic acids is 8. The highest BCUT2D eigenvalue weighted by atomic mass is 16.8. The fourth-order valence-electron chi connectivity index (χ4n) is 14.9. The van der Waals surface area contributed by atoms with Gasteiger partial charge in [0.15, 0.2) is 24.6 Å². The number of ether oxygens (including phenoxy) is 14. The van der Waals surface area contributed by atoms with Crippen molar-refractivity contribution in [2.75, 3.05) is 26.9 Å². The summed E-state index contributed by atoms with van der Waals surface area (Å²) >= 11 is 0. The van der Waals surface area contributed by atoms with Crippen molar-refractivity contribution in [2.24, 2.45) is 0 Å². The molecule has 24 nitrogen and oxygen atoms in total. The number of amides is 2. The summed E-state index contributed by atoms with van der Waals surface area (Å²) in [5.41, 5.74) is 3.23. The predicted octanol–water partition coefficient (Wildman–Crippen LogP) is 16.0. The van der Waals surface area contributed by atoms with Crippen LogP contribution in [0.25, 0.3) is 0 Å². The molecule has 24 heteroatoms. The molecular weight excluding hydrogens is 1470 g/mol. The first-order chi connectivity index (χ1) is 55.7. The van der Waals surface area contributed by atoms with Crippen molar-refractivity contribution < 1.29 is 105 Å². The third-order valence-electron chi connectivity index (χ3n) is 20.7. The van der Waals surface area contributed by atoms with E-state index in [1.165, 1.54) is 110 Å². The summed E-state index contributed by atoms with van der Waals surface area (Å²) in [4.78, 5) is 109. The highest BCUT2D eigenvalue weighted by Gasteiger charge is 2.61. The van der Waals surface area contributed by atoms with E-state index in [9.17, 15) is 28.8 Å². The molecule has 0 aliphatic carbocycles. The maximum absolute atomic E-state index is 15.1. The zero-order chi connectivity index (χ0) is 82.8. The van der Waals surface area contributed by atoms with E-state index in [0.29, 0.717) is 18.4 Å². The lowest BCUT2D eigenvalue weighted by Gasteiger charge is -2.49. The van der Waals surface area contributed by atoms with Gasteiger partial charge in [0, 0.05) is 48.0 Å². The minimum absolute atomic E-state index is 0.0818. The van der Waals surface area contributed by atoms with Gasteiger partial charge in [0.2, 0.25) is 11.8 Å². The van der Waals surface area contributed by atoms with Crippen LogP contribution in [0.3, 0.4) is 0 Å². The van der Waals surface area contributed by atoms with Crippen molar-refractivity contribution in [1.29, 1.82) is 0 Å². The third-order valence-corrected chi connectivity index (χ3v) is 20.7. The van der Waals surface area contributed by atoms with Crippen molar-refractivity contribution >= 4 is 47.6 Å². The summed E-state index contributed by atoms with van der Waals surface area (Å²) in [6.07, 6.45) is 14.2. The highest BCUT2D eigenvalue weighted by molar-refractivity contribution is 5.79. The second-order valence-corrected chi connectivity index (χ2v) is 30.5. The Morgan fingerprint density at radius 2 is 0.922 bits per heavy atom. The van der Waals surface area contributed by atoms with E-state index < -0.39 is 147 Å². The Hall–Kier alpha value is -7.68. The lowest BCUT2D eigenvalue weighted by atomic mass is 9.87. The number of carbonyl (C=O) groups is 8. The van der Waals surface area contributed by atoms with Gasteiger partial charge < -0.3 is 76.9 Å². The molecule has 640 valence electrons. The first-order valence-corrected chi connectivity index (χ1v) is 42.4. The molecule has 0 saturated carbocycles. The molecule has 0 aromatic heterocycles. The molecule has 2 saturated heterocycles. The van der Waals surface area contributed by atoms with Crippen molar-refractivity contribution in [2.45, 2.75) is 353 Å². The average molecular weight is 1610 g/mol. The quantitative estimate of drug-likeness (QED) is 0.0236. The van der Waals surface area contributed by atoms with Gasteiger partial charge in [-0.3, -0.25) is 33.6 Å². The Morgan fingerprint density at radius 3 is 1.37 bits per heavy atom. The van der Waals surface area contributed by atoms with Crippen LogP contribution in [0.15, 0.2) is 121 Å². The summed E-state index contributed by atoms with van der Waals surface area (Å²) in [5.74, 6) is -9.27. The Balaban J connectivity index is 1.46. The Morgan fingerprint density at radius 1 is 0.470 bits per heavy atom. The third kappa shape index (κ3) is 37.2. The second kappa shape index (κ2) is 55.8. The molecule has 2 aliphatic heterocycles. The second-order valence-electron chi connectivity index (χ2n) is 30.5. The molecule has 2 amide bonds. The van der Waals surface area contributed by atoms with E-state index in [1.54, 1.807) is 0 Å². The molecule has 115 heavy (non-hydrogen) atoms. The first-order valence-electron chi connectivity index (χ1n) is 42.4. The molecule has 4 aromatic rings. The van der Waals surface area contributed by atoms with Gasteiger partial charge in [-0.15, -0.1) is 0 Å². The topological polar surface area (TPSA) is 290 Å². The Labute approximate surface area is 683 Å². The van der Waals surface area contributed by atoms with E-state index in [4.69, 9.17) is 66.3 Å². The number of methoxy groups -OCH3 is 1. The summed E-state index contributed by atoms with van der Waals surface area (Å²) in [7, 11) is 1.05. The van der Waals surface area contributed by atoms with Crippen LogP contribution in [-0.2, 0) is 131 Å².